The Morgan fingerprint density at radius 3 is 2.75 bits per heavy atom. The number of hydrogen-bond donors (Lipinski definition) is 2. The van der Waals surface area contributed by atoms with E-state index in [1.54, 1.807) is 0 Å². The molecule has 0 aromatic heterocycles. The van der Waals surface area contributed by atoms with Crippen LogP contribution in [0.15, 0.2) is 0 Å². The predicted octanol–water partition coefficient (Wildman–Crippen LogP) is -0.781. The van der Waals surface area contributed by atoms with Crippen molar-refractivity contribution in [1.29, 1.82) is 0 Å². The Labute approximate surface area is 95.8 Å². The first-order chi connectivity index (χ1) is 7.47. The van der Waals surface area contributed by atoms with E-state index >= 15 is 0 Å². The number of piperidine rings is 1. The predicted molar refractivity (Wildman–Crippen MR) is 59.4 cm³/mol. The van der Waals surface area contributed by atoms with Gasteiger partial charge in [-0.25, -0.2) is 13.1 Å². The first-order valence-corrected chi connectivity index (χ1v) is 6.81. The normalized spacial score (nSPS) is 23.8. The minimum atomic E-state index is -3.64. The van der Waals surface area contributed by atoms with E-state index in [-0.39, 0.29) is 6.04 Å². The minimum Gasteiger partial charge on any atom is -0.468 e. The lowest BCUT2D eigenvalue weighted by Gasteiger charge is -2.24. The zero-order valence-corrected chi connectivity index (χ0v) is 10.3. The molecule has 0 bridgehead atoms. The standard InChI is InChI=1S/C9H18N2O4S/c1-7(9(12)15-2)16(13,14)11-8-4-3-5-10-6-8/h7-8,10-11H,3-6H2,1-2H3/t7?,8-/m1/s1. The summed E-state index contributed by atoms with van der Waals surface area (Å²) in [5.41, 5.74) is 0. The van der Waals surface area contributed by atoms with Crippen LogP contribution in [0.4, 0.5) is 0 Å². The van der Waals surface area contributed by atoms with Gasteiger partial charge in [0.2, 0.25) is 10.0 Å². The molecule has 0 spiro atoms. The molecule has 1 aliphatic rings. The molecule has 1 saturated heterocycles. The SMILES string of the molecule is COC(=O)C(C)S(=O)(=O)N[C@@H]1CCCNC1. The minimum absolute atomic E-state index is 0.133. The van der Waals surface area contributed by atoms with Gasteiger partial charge in [-0.1, -0.05) is 0 Å². The molecule has 1 unspecified atom stereocenters. The van der Waals surface area contributed by atoms with E-state index in [9.17, 15) is 13.2 Å². The van der Waals surface area contributed by atoms with Crippen LogP contribution in [0, 0.1) is 0 Å². The van der Waals surface area contributed by atoms with Gasteiger partial charge in [0.15, 0.2) is 5.25 Å². The average Bonchev–Trinajstić information content (AvgIpc) is 2.27. The Morgan fingerprint density at radius 2 is 2.25 bits per heavy atom. The Bertz CT molecular complexity index is 335. The number of carbonyl (C=O) groups is 1. The smallest absolute Gasteiger partial charge is 0.325 e. The maximum Gasteiger partial charge on any atom is 0.325 e. The van der Waals surface area contributed by atoms with Crippen LogP contribution < -0.4 is 10.0 Å². The van der Waals surface area contributed by atoms with Crippen molar-refractivity contribution < 1.29 is 17.9 Å². The van der Waals surface area contributed by atoms with Crippen LogP contribution >= 0.6 is 0 Å². The third-order valence-electron chi connectivity index (χ3n) is 2.63. The lowest BCUT2D eigenvalue weighted by atomic mass is 10.1. The van der Waals surface area contributed by atoms with E-state index in [1.165, 1.54) is 14.0 Å². The molecule has 1 heterocycles. The van der Waals surface area contributed by atoms with E-state index in [2.05, 4.69) is 14.8 Å². The highest BCUT2D eigenvalue weighted by Crippen LogP contribution is 2.07. The van der Waals surface area contributed by atoms with Crippen molar-refractivity contribution >= 4 is 16.0 Å². The second-order valence-corrected chi connectivity index (χ2v) is 5.90. The third kappa shape index (κ3) is 3.43. The fourth-order valence-corrected chi connectivity index (χ4v) is 2.80. The highest BCUT2D eigenvalue weighted by Gasteiger charge is 2.31. The molecule has 94 valence electrons. The largest absolute Gasteiger partial charge is 0.468 e. The summed E-state index contributed by atoms with van der Waals surface area (Å²) in [6, 6.07) is -0.133. The zero-order valence-electron chi connectivity index (χ0n) is 9.52. The molecule has 0 amide bonds. The molecule has 0 aromatic carbocycles. The van der Waals surface area contributed by atoms with E-state index in [1.807, 2.05) is 0 Å². The van der Waals surface area contributed by atoms with Gasteiger partial charge in [0, 0.05) is 12.6 Å². The second-order valence-electron chi connectivity index (χ2n) is 3.87. The number of hydrogen-bond acceptors (Lipinski definition) is 5. The van der Waals surface area contributed by atoms with E-state index in [0.717, 1.165) is 19.4 Å². The Morgan fingerprint density at radius 1 is 1.56 bits per heavy atom. The summed E-state index contributed by atoms with van der Waals surface area (Å²) in [5.74, 6) is -0.740. The van der Waals surface area contributed by atoms with Gasteiger partial charge in [-0.3, -0.25) is 4.79 Å². The molecule has 0 saturated carbocycles. The van der Waals surface area contributed by atoms with Gasteiger partial charge in [0.1, 0.15) is 0 Å². The second kappa shape index (κ2) is 5.60. The van der Waals surface area contributed by atoms with Crippen molar-refractivity contribution in [3.8, 4) is 0 Å². The summed E-state index contributed by atoms with van der Waals surface area (Å²) < 4.78 is 30.5. The molecule has 1 aliphatic heterocycles. The summed E-state index contributed by atoms with van der Waals surface area (Å²) in [7, 11) is -2.46. The lowest BCUT2D eigenvalue weighted by molar-refractivity contribution is -0.139. The molecule has 16 heavy (non-hydrogen) atoms. The first-order valence-electron chi connectivity index (χ1n) is 5.27. The van der Waals surface area contributed by atoms with Crippen molar-refractivity contribution in [2.45, 2.75) is 31.1 Å². The molecule has 7 heteroatoms. The molecular formula is C9H18N2O4S. The van der Waals surface area contributed by atoms with Crippen molar-refractivity contribution in [2.24, 2.45) is 0 Å². The van der Waals surface area contributed by atoms with Crippen LogP contribution in [-0.2, 0) is 19.6 Å². The third-order valence-corrected chi connectivity index (χ3v) is 4.41. The Balaban J connectivity index is 2.59. The summed E-state index contributed by atoms with van der Waals surface area (Å²) in [6.45, 7) is 2.84. The van der Waals surface area contributed by atoms with Crippen molar-refractivity contribution in [1.82, 2.24) is 10.0 Å². The van der Waals surface area contributed by atoms with Crippen LogP contribution in [0.3, 0.4) is 0 Å². The maximum atomic E-state index is 11.8. The average molecular weight is 250 g/mol. The zero-order chi connectivity index (χ0) is 12.2. The topological polar surface area (TPSA) is 84.5 Å². The quantitative estimate of drug-likeness (QED) is 0.639. The summed E-state index contributed by atoms with van der Waals surface area (Å²) in [5, 5.41) is 1.93. The molecule has 1 rings (SSSR count). The van der Waals surface area contributed by atoms with Crippen molar-refractivity contribution in [2.75, 3.05) is 20.2 Å². The molecule has 2 N–H and O–H groups in total. The summed E-state index contributed by atoms with van der Waals surface area (Å²) in [4.78, 5) is 11.1. The van der Waals surface area contributed by atoms with Gasteiger partial charge >= 0.3 is 5.97 Å². The van der Waals surface area contributed by atoms with Crippen molar-refractivity contribution in [3.05, 3.63) is 0 Å². The highest BCUT2D eigenvalue weighted by atomic mass is 32.2. The van der Waals surface area contributed by atoms with Crippen LogP contribution in [0.2, 0.25) is 0 Å². The molecule has 0 aromatic rings. The van der Waals surface area contributed by atoms with E-state index in [0.29, 0.717) is 6.54 Å². The van der Waals surface area contributed by atoms with Gasteiger partial charge in [-0.15, -0.1) is 0 Å². The van der Waals surface area contributed by atoms with Crippen LogP contribution in [0.1, 0.15) is 19.8 Å². The molecule has 2 atom stereocenters. The molecule has 0 aliphatic carbocycles. The first kappa shape index (κ1) is 13.4. The number of carbonyl (C=O) groups excluding carboxylic acids is 1. The fourth-order valence-electron chi connectivity index (χ4n) is 1.58. The molecule has 6 nitrogen and oxygen atoms in total. The van der Waals surface area contributed by atoms with E-state index < -0.39 is 21.2 Å². The number of methoxy groups -OCH3 is 1. The Hall–Kier alpha value is -0.660. The maximum absolute atomic E-state index is 11.8. The molecule has 1 fully saturated rings. The Kier molecular flexibility index (Phi) is 4.69. The van der Waals surface area contributed by atoms with Gasteiger partial charge in [-0.05, 0) is 26.3 Å². The highest BCUT2D eigenvalue weighted by molar-refractivity contribution is 7.90. The number of sulfonamides is 1. The van der Waals surface area contributed by atoms with Gasteiger partial charge < -0.3 is 10.1 Å². The monoisotopic (exact) mass is 250 g/mol. The van der Waals surface area contributed by atoms with Gasteiger partial charge in [-0.2, -0.15) is 0 Å². The van der Waals surface area contributed by atoms with Crippen molar-refractivity contribution in [3.63, 3.8) is 0 Å². The number of rotatable bonds is 4. The summed E-state index contributed by atoms with van der Waals surface area (Å²) in [6.07, 6.45) is 1.72. The summed E-state index contributed by atoms with van der Waals surface area (Å²) >= 11 is 0. The fraction of sp³-hybridized carbons (Fsp3) is 0.889. The van der Waals surface area contributed by atoms with Crippen LogP contribution in [0.5, 0.6) is 0 Å². The van der Waals surface area contributed by atoms with Crippen LogP contribution in [-0.4, -0.2) is 45.9 Å². The number of nitrogens with one attached hydrogen (secondary N) is 2. The van der Waals surface area contributed by atoms with Crippen LogP contribution in [0.25, 0.3) is 0 Å². The lowest BCUT2D eigenvalue weighted by Crippen LogP contribution is -2.49. The van der Waals surface area contributed by atoms with Gasteiger partial charge in [0.05, 0.1) is 7.11 Å². The molecule has 0 radical (unpaired) electrons. The van der Waals surface area contributed by atoms with E-state index in [4.69, 9.17) is 0 Å². The number of esters is 1. The number of ether oxygens (including phenoxy) is 1. The molecular weight excluding hydrogens is 232 g/mol. The van der Waals surface area contributed by atoms with Gasteiger partial charge in [0.25, 0.3) is 0 Å².